The van der Waals surface area contributed by atoms with Crippen LogP contribution in [-0.2, 0) is 0 Å². The monoisotopic (exact) mass is 305 g/mol. The van der Waals surface area contributed by atoms with E-state index in [9.17, 15) is 5.11 Å². The minimum absolute atomic E-state index is 0.230. The highest BCUT2D eigenvalue weighted by molar-refractivity contribution is 5.43. The van der Waals surface area contributed by atoms with Gasteiger partial charge in [-0.05, 0) is 74.9 Å². The molecule has 0 amide bonds. The summed E-state index contributed by atoms with van der Waals surface area (Å²) in [7, 11) is 0. The minimum Gasteiger partial charge on any atom is -0.493 e. The molecule has 1 saturated heterocycles. The topological polar surface area (TPSA) is 32.7 Å². The van der Waals surface area contributed by atoms with Gasteiger partial charge >= 0.3 is 0 Å². The minimum atomic E-state index is 0.230. The molecule has 1 fully saturated rings. The van der Waals surface area contributed by atoms with E-state index in [1.807, 2.05) is 0 Å². The van der Waals surface area contributed by atoms with Crippen molar-refractivity contribution in [3.8, 4) is 5.75 Å². The number of aryl methyl sites for hydroxylation is 2. The molecule has 2 rings (SSSR count). The molecule has 1 aliphatic rings. The molecule has 1 heterocycles. The van der Waals surface area contributed by atoms with E-state index in [1.54, 1.807) is 0 Å². The van der Waals surface area contributed by atoms with Gasteiger partial charge in [-0.3, -0.25) is 4.90 Å². The summed E-state index contributed by atoms with van der Waals surface area (Å²) >= 11 is 0. The number of ether oxygens (including phenoxy) is 1. The molecule has 22 heavy (non-hydrogen) atoms. The molecule has 0 spiro atoms. The molecule has 0 radical (unpaired) electrons. The number of nitrogens with zero attached hydrogens (tertiary/aromatic N) is 1. The van der Waals surface area contributed by atoms with E-state index < -0.39 is 0 Å². The summed E-state index contributed by atoms with van der Waals surface area (Å²) in [5.41, 5.74) is 3.82. The van der Waals surface area contributed by atoms with Gasteiger partial charge in [0.15, 0.2) is 0 Å². The first-order valence-corrected chi connectivity index (χ1v) is 8.67. The molecule has 3 heteroatoms. The Bertz CT molecular complexity index is 481. The molecule has 1 N–H and O–H groups in total. The van der Waals surface area contributed by atoms with Crippen molar-refractivity contribution in [2.24, 2.45) is 5.92 Å². The van der Waals surface area contributed by atoms with Gasteiger partial charge in [0, 0.05) is 12.6 Å². The Hall–Kier alpha value is -1.06. The van der Waals surface area contributed by atoms with Gasteiger partial charge in [-0.2, -0.15) is 0 Å². The van der Waals surface area contributed by atoms with Gasteiger partial charge in [-0.15, -0.1) is 0 Å². The summed E-state index contributed by atoms with van der Waals surface area (Å²) in [5.74, 6) is 1.25. The number of rotatable bonds is 7. The standard InChI is InChI=1S/C19H31NO2/c1-5-10-22-18-12-14(2)17(11-15(18)3)19(16(4)13-21)20-8-6-7-9-20/h11-12,16,19,21H,5-10,13H2,1-4H3. The molecule has 124 valence electrons. The van der Waals surface area contributed by atoms with Crippen molar-refractivity contribution in [3.63, 3.8) is 0 Å². The van der Waals surface area contributed by atoms with Gasteiger partial charge in [0.2, 0.25) is 0 Å². The molecular weight excluding hydrogens is 274 g/mol. The van der Waals surface area contributed by atoms with E-state index in [4.69, 9.17) is 4.74 Å². The SMILES string of the molecule is CCCOc1cc(C)c(C(C(C)CO)N2CCCC2)cc1C. The molecule has 1 aromatic rings. The smallest absolute Gasteiger partial charge is 0.122 e. The van der Waals surface area contributed by atoms with Crippen LogP contribution in [0.2, 0.25) is 0 Å². The lowest BCUT2D eigenvalue weighted by Gasteiger charge is -2.33. The van der Waals surface area contributed by atoms with Crippen molar-refractivity contribution in [1.82, 2.24) is 4.90 Å². The summed E-state index contributed by atoms with van der Waals surface area (Å²) < 4.78 is 5.85. The lowest BCUT2D eigenvalue weighted by Crippen LogP contribution is -2.32. The van der Waals surface area contributed by atoms with Gasteiger partial charge in [0.05, 0.1) is 6.61 Å². The molecular formula is C19H31NO2. The Morgan fingerprint density at radius 2 is 1.86 bits per heavy atom. The van der Waals surface area contributed by atoms with Crippen molar-refractivity contribution in [3.05, 3.63) is 28.8 Å². The number of aliphatic hydroxyl groups excluding tert-OH is 1. The molecule has 0 aromatic heterocycles. The average Bonchev–Trinajstić information content (AvgIpc) is 3.03. The second-order valence-electron chi connectivity index (χ2n) is 6.67. The fourth-order valence-corrected chi connectivity index (χ4v) is 3.48. The Morgan fingerprint density at radius 1 is 1.18 bits per heavy atom. The maximum absolute atomic E-state index is 9.71. The van der Waals surface area contributed by atoms with Gasteiger partial charge in [0.25, 0.3) is 0 Å². The summed E-state index contributed by atoms with van der Waals surface area (Å²) in [4.78, 5) is 2.54. The van der Waals surface area contributed by atoms with E-state index in [0.717, 1.165) is 31.9 Å². The van der Waals surface area contributed by atoms with Crippen LogP contribution in [0.25, 0.3) is 0 Å². The molecule has 3 nitrogen and oxygen atoms in total. The molecule has 0 aliphatic carbocycles. The van der Waals surface area contributed by atoms with Crippen LogP contribution < -0.4 is 4.74 Å². The van der Waals surface area contributed by atoms with Crippen molar-refractivity contribution in [2.75, 3.05) is 26.3 Å². The highest BCUT2D eigenvalue weighted by atomic mass is 16.5. The first-order valence-electron chi connectivity index (χ1n) is 8.67. The Labute approximate surface area is 135 Å². The first kappa shape index (κ1) is 17.3. The van der Waals surface area contributed by atoms with Gasteiger partial charge < -0.3 is 9.84 Å². The van der Waals surface area contributed by atoms with Crippen molar-refractivity contribution in [2.45, 2.75) is 53.0 Å². The van der Waals surface area contributed by atoms with E-state index in [-0.39, 0.29) is 12.5 Å². The second kappa shape index (κ2) is 7.98. The fraction of sp³-hybridized carbons (Fsp3) is 0.684. The summed E-state index contributed by atoms with van der Waals surface area (Å²) in [6.45, 7) is 11.8. The molecule has 0 bridgehead atoms. The lowest BCUT2D eigenvalue weighted by atomic mass is 9.89. The first-order chi connectivity index (χ1) is 10.6. The van der Waals surface area contributed by atoms with Crippen LogP contribution in [0, 0.1) is 19.8 Å². The zero-order chi connectivity index (χ0) is 16.1. The van der Waals surface area contributed by atoms with Gasteiger partial charge in [-0.1, -0.05) is 19.9 Å². The quantitative estimate of drug-likeness (QED) is 0.830. The number of likely N-dealkylation sites (tertiary alicyclic amines) is 1. The third kappa shape index (κ3) is 3.82. The van der Waals surface area contributed by atoms with E-state index in [1.165, 1.54) is 29.5 Å². The van der Waals surface area contributed by atoms with Crippen LogP contribution in [0.5, 0.6) is 5.75 Å². The number of aliphatic hydroxyl groups is 1. The third-order valence-corrected chi connectivity index (χ3v) is 4.70. The highest BCUT2D eigenvalue weighted by Gasteiger charge is 2.29. The third-order valence-electron chi connectivity index (χ3n) is 4.70. The number of hydrogen-bond acceptors (Lipinski definition) is 3. The number of benzene rings is 1. The molecule has 2 atom stereocenters. The van der Waals surface area contributed by atoms with Crippen LogP contribution in [0.4, 0.5) is 0 Å². The summed E-state index contributed by atoms with van der Waals surface area (Å²) in [6.07, 6.45) is 3.56. The number of hydrogen-bond donors (Lipinski definition) is 1. The van der Waals surface area contributed by atoms with E-state index >= 15 is 0 Å². The predicted molar refractivity (Wildman–Crippen MR) is 91.5 cm³/mol. The fourth-order valence-electron chi connectivity index (χ4n) is 3.48. The zero-order valence-electron chi connectivity index (χ0n) is 14.6. The Balaban J connectivity index is 2.32. The van der Waals surface area contributed by atoms with Gasteiger partial charge in [0.1, 0.15) is 5.75 Å². The Kier molecular flexibility index (Phi) is 6.27. The molecule has 1 aromatic carbocycles. The van der Waals surface area contributed by atoms with Crippen molar-refractivity contribution >= 4 is 0 Å². The van der Waals surface area contributed by atoms with Crippen LogP contribution in [-0.4, -0.2) is 36.3 Å². The summed E-state index contributed by atoms with van der Waals surface area (Å²) in [5, 5.41) is 9.71. The normalized spacial score (nSPS) is 18.4. The van der Waals surface area contributed by atoms with Crippen molar-refractivity contribution < 1.29 is 9.84 Å². The largest absolute Gasteiger partial charge is 0.493 e. The van der Waals surface area contributed by atoms with Crippen LogP contribution in [0.15, 0.2) is 12.1 Å². The second-order valence-corrected chi connectivity index (χ2v) is 6.67. The maximum Gasteiger partial charge on any atom is 0.122 e. The highest BCUT2D eigenvalue weighted by Crippen LogP contribution is 2.36. The molecule has 2 unspecified atom stereocenters. The Morgan fingerprint density at radius 3 is 2.45 bits per heavy atom. The lowest BCUT2D eigenvalue weighted by molar-refractivity contribution is 0.125. The van der Waals surface area contributed by atoms with Gasteiger partial charge in [-0.25, -0.2) is 0 Å². The maximum atomic E-state index is 9.71. The van der Waals surface area contributed by atoms with E-state index in [0.29, 0.717) is 6.04 Å². The zero-order valence-corrected chi connectivity index (χ0v) is 14.6. The van der Waals surface area contributed by atoms with Crippen LogP contribution in [0.3, 0.4) is 0 Å². The predicted octanol–water partition coefficient (Wildman–Crippen LogP) is 3.86. The molecule has 1 aliphatic heterocycles. The van der Waals surface area contributed by atoms with E-state index in [2.05, 4.69) is 44.7 Å². The van der Waals surface area contributed by atoms with Crippen molar-refractivity contribution in [1.29, 1.82) is 0 Å². The van der Waals surface area contributed by atoms with Crippen LogP contribution in [0.1, 0.15) is 55.8 Å². The van der Waals surface area contributed by atoms with Crippen LogP contribution >= 0.6 is 0 Å². The average molecular weight is 305 g/mol. The molecule has 0 saturated carbocycles. The summed E-state index contributed by atoms with van der Waals surface area (Å²) in [6, 6.07) is 4.76.